The van der Waals surface area contributed by atoms with Crippen LogP contribution in [0.3, 0.4) is 0 Å². The molecule has 0 spiro atoms. The molecule has 2 aromatic rings. The standard InChI is InChI=1S/C15H17ClN4O11P2/c1-15(23)11(22)8(4-29-33(27,28)31-32(24,25)26)30-14(15)20-3-6-7(16)2-9(21)19-12-10(6)13(20)18-5-17-12/h2-3,5,8,11,14,22-23H,4H2,1H3,(H,27,28)(H2,24,25,26)(H,17,18,19,21)/t8-,11-,14-,15-/m1/s1. The molecule has 0 aliphatic carbocycles. The second-order valence-electron chi connectivity index (χ2n) is 7.38. The van der Waals surface area contributed by atoms with Gasteiger partial charge in [0.05, 0.1) is 23.4 Å². The van der Waals surface area contributed by atoms with Gasteiger partial charge < -0.3 is 39.5 Å². The maximum absolute atomic E-state index is 11.9. The van der Waals surface area contributed by atoms with E-state index in [2.05, 4.69) is 24.1 Å². The van der Waals surface area contributed by atoms with Crippen molar-refractivity contribution < 1.29 is 47.6 Å². The first-order chi connectivity index (χ1) is 15.2. The summed E-state index contributed by atoms with van der Waals surface area (Å²) in [5, 5.41) is 25.0. The number of phosphoric ester groups is 1. The molecule has 5 atom stereocenters. The number of aliphatic imine (C=N–C) groups is 1. The molecule has 0 bridgehead atoms. The topological polar surface area (TPSA) is 222 Å². The van der Waals surface area contributed by atoms with Crippen molar-refractivity contribution >= 4 is 56.0 Å². The summed E-state index contributed by atoms with van der Waals surface area (Å²) in [4.78, 5) is 46.8. The number of nitrogens with one attached hydrogen (secondary N) is 1. The van der Waals surface area contributed by atoms with Crippen molar-refractivity contribution in [2.24, 2.45) is 4.99 Å². The van der Waals surface area contributed by atoms with Gasteiger partial charge in [0.1, 0.15) is 29.4 Å². The van der Waals surface area contributed by atoms with Gasteiger partial charge in [0.15, 0.2) is 6.23 Å². The van der Waals surface area contributed by atoms with E-state index in [-0.39, 0.29) is 16.7 Å². The Labute approximate surface area is 189 Å². The van der Waals surface area contributed by atoms with Gasteiger partial charge in [-0.2, -0.15) is 9.29 Å². The van der Waals surface area contributed by atoms with Crippen LogP contribution in [-0.2, 0) is 22.7 Å². The van der Waals surface area contributed by atoms with E-state index in [9.17, 15) is 29.0 Å². The second-order valence-corrected chi connectivity index (χ2v) is 10.6. The Hall–Kier alpha value is -1.74. The van der Waals surface area contributed by atoms with Crippen molar-refractivity contribution in [1.82, 2.24) is 9.55 Å². The van der Waals surface area contributed by atoms with Crippen molar-refractivity contribution in [2.45, 2.75) is 31.0 Å². The monoisotopic (exact) mass is 526 g/mol. The molecule has 1 fully saturated rings. The van der Waals surface area contributed by atoms with Crippen molar-refractivity contribution in [2.75, 3.05) is 11.9 Å². The number of nitrogens with zero attached hydrogens (tertiary/aromatic N) is 3. The van der Waals surface area contributed by atoms with Crippen LogP contribution < -0.4 is 10.9 Å². The summed E-state index contributed by atoms with van der Waals surface area (Å²) in [6, 6.07) is 1.09. The zero-order valence-electron chi connectivity index (χ0n) is 16.5. The van der Waals surface area contributed by atoms with Crippen molar-refractivity contribution in [1.29, 1.82) is 0 Å². The van der Waals surface area contributed by atoms with Gasteiger partial charge in [-0.05, 0) is 6.92 Å². The van der Waals surface area contributed by atoms with E-state index in [0.29, 0.717) is 10.8 Å². The lowest BCUT2D eigenvalue weighted by molar-refractivity contribution is -0.0954. The number of halogens is 1. The van der Waals surface area contributed by atoms with E-state index < -0.39 is 51.8 Å². The number of hydrogen-bond donors (Lipinski definition) is 6. The summed E-state index contributed by atoms with van der Waals surface area (Å²) in [5.41, 5.74) is -2.61. The lowest BCUT2D eigenvalue weighted by Gasteiger charge is -2.28. The van der Waals surface area contributed by atoms with Gasteiger partial charge in [0.25, 0.3) is 5.56 Å². The van der Waals surface area contributed by atoms with Gasteiger partial charge in [-0.3, -0.25) is 9.32 Å². The van der Waals surface area contributed by atoms with E-state index in [4.69, 9.17) is 26.1 Å². The minimum atomic E-state index is -5.35. The average molecular weight is 527 g/mol. The molecule has 2 aromatic heterocycles. The number of phosphoric acid groups is 2. The van der Waals surface area contributed by atoms with Crippen molar-refractivity contribution in [3.63, 3.8) is 0 Å². The Balaban J connectivity index is 1.69. The maximum atomic E-state index is 11.9. The molecule has 2 aliphatic rings. The Kier molecular flexibility index (Phi) is 6.05. The highest BCUT2D eigenvalue weighted by molar-refractivity contribution is 7.60. The number of rotatable bonds is 6. The fourth-order valence-corrected chi connectivity index (χ4v) is 5.42. The zero-order chi connectivity index (χ0) is 24.3. The summed E-state index contributed by atoms with van der Waals surface area (Å²) in [7, 11) is -10.6. The summed E-state index contributed by atoms with van der Waals surface area (Å²) < 4.78 is 37.7. The first-order valence-electron chi connectivity index (χ1n) is 9.04. The number of ether oxygens (including phenoxy) is 1. The smallest absolute Gasteiger partial charge is 0.387 e. The molecule has 1 unspecified atom stereocenters. The molecule has 0 aromatic carbocycles. The van der Waals surface area contributed by atoms with Gasteiger partial charge in [-0.25, -0.2) is 14.1 Å². The highest BCUT2D eigenvalue weighted by Crippen LogP contribution is 2.58. The lowest BCUT2D eigenvalue weighted by Crippen LogP contribution is -2.44. The summed E-state index contributed by atoms with van der Waals surface area (Å²) in [5.74, 6) is 0.333. The maximum Gasteiger partial charge on any atom is 0.481 e. The predicted molar refractivity (Wildman–Crippen MR) is 112 cm³/mol. The van der Waals surface area contributed by atoms with E-state index in [1.807, 2.05) is 0 Å². The molecule has 4 heterocycles. The van der Waals surface area contributed by atoms with Crippen LogP contribution >= 0.6 is 27.2 Å². The number of aromatic nitrogens is 2. The van der Waals surface area contributed by atoms with Crippen molar-refractivity contribution in [3.05, 3.63) is 27.6 Å². The molecule has 2 aliphatic heterocycles. The molecule has 180 valence electrons. The molecule has 18 heteroatoms. The van der Waals surface area contributed by atoms with E-state index in [1.54, 1.807) is 0 Å². The van der Waals surface area contributed by atoms with Gasteiger partial charge in [-0.1, -0.05) is 11.6 Å². The minimum Gasteiger partial charge on any atom is -0.387 e. The number of anilines is 1. The third-order valence-electron chi connectivity index (χ3n) is 4.98. The molecule has 1 saturated heterocycles. The van der Waals surface area contributed by atoms with Crippen molar-refractivity contribution in [3.8, 4) is 0 Å². The highest BCUT2D eigenvalue weighted by Gasteiger charge is 2.54. The third-order valence-corrected chi connectivity index (χ3v) is 7.44. The largest absolute Gasteiger partial charge is 0.481 e. The molecule has 4 rings (SSSR count). The second kappa shape index (κ2) is 8.18. The molecule has 0 radical (unpaired) electrons. The molecular formula is C15H17ClN4O11P2. The van der Waals surface area contributed by atoms with E-state index >= 15 is 0 Å². The lowest BCUT2D eigenvalue weighted by atomic mass is 9.96. The van der Waals surface area contributed by atoms with Crippen LogP contribution in [0, 0.1) is 0 Å². The fourth-order valence-electron chi connectivity index (χ4n) is 3.59. The Morgan fingerprint density at radius 1 is 1.36 bits per heavy atom. The van der Waals surface area contributed by atoms with Crippen LogP contribution in [0.25, 0.3) is 10.8 Å². The quantitative estimate of drug-likeness (QED) is 0.280. The summed E-state index contributed by atoms with van der Waals surface area (Å²) in [6.07, 6.45) is -1.77. The molecular weight excluding hydrogens is 510 g/mol. The zero-order valence-corrected chi connectivity index (χ0v) is 19.0. The van der Waals surface area contributed by atoms with Crippen LogP contribution in [0.15, 0.2) is 22.1 Å². The predicted octanol–water partition coefficient (Wildman–Crippen LogP) is 0.371. The molecule has 6 N–H and O–H groups in total. The van der Waals surface area contributed by atoms with Crippen LogP contribution in [0.2, 0.25) is 5.02 Å². The first kappa shape index (κ1) is 24.4. The van der Waals surface area contributed by atoms with E-state index in [0.717, 1.165) is 6.07 Å². The van der Waals surface area contributed by atoms with Crippen LogP contribution in [-0.4, -0.2) is 65.2 Å². The van der Waals surface area contributed by atoms with Gasteiger partial charge >= 0.3 is 15.6 Å². The summed E-state index contributed by atoms with van der Waals surface area (Å²) in [6.45, 7) is 0.357. The Bertz CT molecular complexity index is 1310. The van der Waals surface area contributed by atoms with Gasteiger partial charge in [0.2, 0.25) is 0 Å². The van der Waals surface area contributed by atoms with Gasteiger partial charge in [-0.15, -0.1) is 0 Å². The van der Waals surface area contributed by atoms with Crippen LogP contribution in [0.1, 0.15) is 13.2 Å². The first-order valence-corrected chi connectivity index (χ1v) is 12.4. The number of aliphatic hydroxyl groups is 2. The average Bonchev–Trinajstić information content (AvgIpc) is 3.10. The SMILES string of the molecule is C[C@@]1(O)[C@H](O)[C@@H](COP(=O)(O)OP(=O)(O)O)O[C@H]1n1cc2c(Cl)cc(=O)nc3c2c1N=CN3. The molecule has 15 nitrogen and oxygen atoms in total. The fraction of sp³-hybridized carbons (Fsp3) is 0.400. The van der Waals surface area contributed by atoms with E-state index in [1.165, 1.54) is 24.0 Å². The van der Waals surface area contributed by atoms with Crippen LogP contribution in [0.5, 0.6) is 0 Å². The summed E-state index contributed by atoms with van der Waals surface area (Å²) >= 11 is 6.23. The molecule has 0 saturated carbocycles. The van der Waals surface area contributed by atoms with Gasteiger partial charge in [0, 0.05) is 17.6 Å². The third kappa shape index (κ3) is 4.63. The Morgan fingerprint density at radius 3 is 2.73 bits per heavy atom. The molecule has 33 heavy (non-hydrogen) atoms. The Morgan fingerprint density at radius 2 is 2.06 bits per heavy atom. The van der Waals surface area contributed by atoms with Crippen LogP contribution in [0.4, 0.5) is 11.6 Å². The molecule has 0 amide bonds. The highest BCUT2D eigenvalue weighted by atomic mass is 35.5. The minimum absolute atomic E-state index is 0.0431. The number of hydrogen-bond acceptors (Lipinski definition) is 11. The normalized spacial score (nSPS) is 28.6. The number of aliphatic hydroxyl groups excluding tert-OH is 1.